The number of methoxy groups -OCH3 is 1. The molecular weight excluding hydrogens is 393 g/mol. The Hall–Kier alpha value is -3.81. The third-order valence-electron chi connectivity index (χ3n) is 4.02. The number of esters is 1. The molecule has 0 spiro atoms. The van der Waals surface area contributed by atoms with E-state index in [1.54, 1.807) is 18.2 Å². The predicted molar refractivity (Wildman–Crippen MR) is 106 cm³/mol. The van der Waals surface area contributed by atoms with Crippen LogP contribution in [0.2, 0.25) is 0 Å². The molecule has 0 aliphatic heterocycles. The molecule has 30 heavy (non-hydrogen) atoms. The topological polar surface area (TPSA) is 87.0 Å². The summed E-state index contributed by atoms with van der Waals surface area (Å²) in [6.45, 7) is 1.44. The molecule has 1 aromatic heterocycles. The second kappa shape index (κ2) is 9.60. The average Bonchev–Trinajstić information content (AvgIpc) is 3.21. The SMILES string of the molecule is COc1ccc(C)cc1NC(=O)COC(=O)c1ccc(COc2ccc(F)cc2)o1. The molecule has 3 rings (SSSR count). The molecule has 156 valence electrons. The number of benzene rings is 2. The van der Waals surface area contributed by atoms with Gasteiger partial charge in [0.25, 0.3) is 5.91 Å². The Labute approximate surface area is 172 Å². The number of ether oxygens (including phenoxy) is 3. The van der Waals surface area contributed by atoms with E-state index < -0.39 is 18.5 Å². The summed E-state index contributed by atoms with van der Waals surface area (Å²) in [4.78, 5) is 24.2. The number of carbonyl (C=O) groups is 2. The number of hydrogen-bond acceptors (Lipinski definition) is 6. The van der Waals surface area contributed by atoms with Crippen LogP contribution in [0.25, 0.3) is 0 Å². The minimum Gasteiger partial charge on any atom is -0.495 e. The molecule has 8 heteroatoms. The lowest BCUT2D eigenvalue weighted by Crippen LogP contribution is -2.21. The highest BCUT2D eigenvalue weighted by atomic mass is 19.1. The molecule has 7 nitrogen and oxygen atoms in total. The van der Waals surface area contributed by atoms with Gasteiger partial charge in [0, 0.05) is 0 Å². The monoisotopic (exact) mass is 413 g/mol. The van der Waals surface area contributed by atoms with Crippen molar-refractivity contribution in [3.8, 4) is 11.5 Å². The maximum atomic E-state index is 12.9. The van der Waals surface area contributed by atoms with Gasteiger partial charge in [-0.2, -0.15) is 0 Å². The van der Waals surface area contributed by atoms with Gasteiger partial charge in [-0.15, -0.1) is 0 Å². The summed E-state index contributed by atoms with van der Waals surface area (Å²) in [5.74, 6) is -0.394. The molecule has 0 bridgehead atoms. The van der Waals surface area contributed by atoms with Crippen molar-refractivity contribution < 1.29 is 32.6 Å². The van der Waals surface area contributed by atoms with Crippen molar-refractivity contribution in [1.82, 2.24) is 0 Å². The van der Waals surface area contributed by atoms with Crippen LogP contribution in [0.4, 0.5) is 10.1 Å². The zero-order chi connectivity index (χ0) is 21.5. The van der Waals surface area contributed by atoms with E-state index in [1.165, 1.54) is 37.4 Å². The summed E-state index contributed by atoms with van der Waals surface area (Å²) in [5.41, 5.74) is 1.42. The van der Waals surface area contributed by atoms with Crippen molar-refractivity contribution in [3.63, 3.8) is 0 Å². The molecule has 0 saturated heterocycles. The van der Waals surface area contributed by atoms with Crippen molar-refractivity contribution >= 4 is 17.6 Å². The van der Waals surface area contributed by atoms with E-state index in [-0.39, 0.29) is 18.2 Å². The van der Waals surface area contributed by atoms with Crippen molar-refractivity contribution in [2.45, 2.75) is 13.5 Å². The van der Waals surface area contributed by atoms with Crippen molar-refractivity contribution in [2.75, 3.05) is 19.0 Å². The van der Waals surface area contributed by atoms with Gasteiger partial charge in [0.15, 0.2) is 6.61 Å². The lowest BCUT2D eigenvalue weighted by molar-refractivity contribution is -0.119. The molecule has 0 atom stereocenters. The number of rotatable bonds is 8. The van der Waals surface area contributed by atoms with Gasteiger partial charge in [-0.3, -0.25) is 4.79 Å². The Morgan fingerprint density at radius 1 is 1.07 bits per heavy atom. The van der Waals surface area contributed by atoms with Gasteiger partial charge >= 0.3 is 5.97 Å². The Morgan fingerprint density at radius 2 is 1.83 bits per heavy atom. The lowest BCUT2D eigenvalue weighted by Gasteiger charge is -2.11. The first-order valence-corrected chi connectivity index (χ1v) is 9.03. The highest BCUT2D eigenvalue weighted by molar-refractivity contribution is 5.95. The van der Waals surface area contributed by atoms with Crippen LogP contribution in [-0.2, 0) is 16.1 Å². The van der Waals surface area contributed by atoms with E-state index >= 15 is 0 Å². The number of hydrogen-bond donors (Lipinski definition) is 1. The summed E-state index contributed by atoms with van der Waals surface area (Å²) in [6.07, 6.45) is 0. The Morgan fingerprint density at radius 3 is 2.57 bits per heavy atom. The first kappa shape index (κ1) is 20.9. The molecule has 1 heterocycles. The van der Waals surface area contributed by atoms with E-state index in [0.29, 0.717) is 22.9 Å². The van der Waals surface area contributed by atoms with Gasteiger partial charge in [-0.25, -0.2) is 9.18 Å². The lowest BCUT2D eigenvalue weighted by atomic mass is 10.2. The highest BCUT2D eigenvalue weighted by Crippen LogP contribution is 2.25. The summed E-state index contributed by atoms with van der Waals surface area (Å²) in [6, 6.07) is 13.8. The van der Waals surface area contributed by atoms with Crippen molar-refractivity contribution in [3.05, 3.63) is 77.5 Å². The Kier molecular flexibility index (Phi) is 6.69. The number of anilines is 1. The van der Waals surface area contributed by atoms with Crippen molar-refractivity contribution in [2.24, 2.45) is 0 Å². The molecule has 3 aromatic rings. The zero-order valence-corrected chi connectivity index (χ0v) is 16.4. The molecule has 0 fully saturated rings. The maximum absolute atomic E-state index is 12.9. The van der Waals surface area contributed by atoms with Crippen LogP contribution in [0, 0.1) is 12.7 Å². The van der Waals surface area contributed by atoms with Crippen LogP contribution in [0.5, 0.6) is 11.5 Å². The Balaban J connectivity index is 1.50. The third kappa shape index (κ3) is 5.60. The van der Waals surface area contributed by atoms with Crippen LogP contribution in [0.15, 0.2) is 59.0 Å². The van der Waals surface area contributed by atoms with E-state index in [4.69, 9.17) is 18.6 Å². The largest absolute Gasteiger partial charge is 0.495 e. The summed E-state index contributed by atoms with van der Waals surface area (Å²) in [5, 5.41) is 2.64. The molecule has 0 unspecified atom stereocenters. The molecule has 0 saturated carbocycles. The number of halogens is 1. The van der Waals surface area contributed by atoms with Crippen LogP contribution >= 0.6 is 0 Å². The van der Waals surface area contributed by atoms with Gasteiger partial charge < -0.3 is 23.9 Å². The van der Waals surface area contributed by atoms with Gasteiger partial charge in [0.2, 0.25) is 5.76 Å². The fourth-order valence-corrected chi connectivity index (χ4v) is 2.56. The standard InChI is InChI=1S/C22H20FNO6/c1-14-3-9-19(27-2)18(11-14)24-21(25)13-29-22(26)20-10-8-17(30-20)12-28-16-6-4-15(23)5-7-16/h3-11H,12-13H2,1-2H3,(H,24,25). The molecule has 2 aromatic carbocycles. The Bertz CT molecular complexity index is 1030. The van der Waals surface area contributed by atoms with Crippen LogP contribution in [-0.4, -0.2) is 25.6 Å². The predicted octanol–water partition coefficient (Wildman–Crippen LogP) is 4.11. The quantitative estimate of drug-likeness (QED) is 0.559. The summed E-state index contributed by atoms with van der Waals surface area (Å²) < 4.78 is 33.9. The molecule has 1 N–H and O–H groups in total. The van der Waals surface area contributed by atoms with E-state index in [0.717, 1.165) is 5.56 Å². The summed E-state index contributed by atoms with van der Waals surface area (Å²) in [7, 11) is 1.49. The van der Waals surface area contributed by atoms with E-state index in [1.807, 2.05) is 13.0 Å². The number of carbonyl (C=O) groups excluding carboxylic acids is 2. The summed E-state index contributed by atoms with van der Waals surface area (Å²) >= 11 is 0. The minimum absolute atomic E-state index is 0.0482. The van der Waals surface area contributed by atoms with Crippen molar-refractivity contribution in [1.29, 1.82) is 0 Å². The molecule has 1 amide bonds. The smallest absolute Gasteiger partial charge is 0.374 e. The molecular formula is C22H20FNO6. The van der Waals surface area contributed by atoms with Gasteiger partial charge in [0.1, 0.15) is 29.7 Å². The number of nitrogens with one attached hydrogen (secondary N) is 1. The second-order valence-corrected chi connectivity index (χ2v) is 6.34. The molecule has 0 radical (unpaired) electrons. The van der Waals surface area contributed by atoms with E-state index in [9.17, 15) is 14.0 Å². The van der Waals surface area contributed by atoms with Gasteiger partial charge in [0.05, 0.1) is 12.8 Å². The first-order valence-electron chi connectivity index (χ1n) is 9.03. The normalized spacial score (nSPS) is 10.4. The number of amides is 1. The van der Waals surface area contributed by atoms with Crippen LogP contribution in [0.1, 0.15) is 21.9 Å². The maximum Gasteiger partial charge on any atom is 0.374 e. The van der Waals surface area contributed by atoms with E-state index in [2.05, 4.69) is 5.32 Å². The second-order valence-electron chi connectivity index (χ2n) is 6.34. The molecule has 0 aliphatic rings. The fraction of sp³-hybridized carbons (Fsp3) is 0.182. The fourth-order valence-electron chi connectivity index (χ4n) is 2.56. The number of furan rings is 1. The van der Waals surface area contributed by atoms with Crippen LogP contribution < -0.4 is 14.8 Å². The van der Waals surface area contributed by atoms with Gasteiger partial charge in [-0.05, 0) is 61.0 Å². The number of aryl methyl sites for hydroxylation is 1. The minimum atomic E-state index is -0.783. The van der Waals surface area contributed by atoms with Gasteiger partial charge in [-0.1, -0.05) is 6.07 Å². The first-order chi connectivity index (χ1) is 14.4. The zero-order valence-electron chi connectivity index (χ0n) is 16.4. The highest BCUT2D eigenvalue weighted by Gasteiger charge is 2.16. The van der Waals surface area contributed by atoms with Crippen LogP contribution in [0.3, 0.4) is 0 Å². The molecule has 0 aliphatic carbocycles. The third-order valence-corrected chi connectivity index (χ3v) is 4.02. The average molecular weight is 413 g/mol.